The molecule has 1 aliphatic rings. The number of hydrazone groups is 1. The predicted octanol–water partition coefficient (Wildman–Crippen LogP) is 3.97. The lowest BCUT2D eigenvalue weighted by Crippen LogP contribution is -2.30. The van der Waals surface area contributed by atoms with Crippen LogP contribution in [0.1, 0.15) is 12.0 Å². The first-order valence-corrected chi connectivity index (χ1v) is 8.22. The van der Waals surface area contributed by atoms with E-state index < -0.39 is 0 Å². The number of nitrogens with zero attached hydrogens (tertiary/aromatic N) is 2. The second-order valence-electron chi connectivity index (χ2n) is 5.25. The molecule has 0 aromatic heterocycles. The fourth-order valence-electron chi connectivity index (χ4n) is 2.57. The van der Waals surface area contributed by atoms with E-state index in [1.807, 2.05) is 36.4 Å². The molecule has 0 bridgehead atoms. The number of hydrogen-bond donors (Lipinski definition) is 2. The lowest BCUT2D eigenvalue weighted by Gasteiger charge is -2.27. The number of carbonyl (C=O) groups is 1. The van der Waals surface area contributed by atoms with Crippen molar-refractivity contribution in [2.75, 3.05) is 16.8 Å². The van der Waals surface area contributed by atoms with Crippen molar-refractivity contribution in [3.8, 4) is 0 Å². The largest absolute Gasteiger partial charge is 0.339 e. The van der Waals surface area contributed by atoms with Crippen LogP contribution in [0.25, 0.3) is 0 Å². The molecule has 0 atom stereocenters. The van der Waals surface area contributed by atoms with Crippen molar-refractivity contribution in [3.05, 3.63) is 58.6 Å². The maximum atomic E-state index is 11.8. The van der Waals surface area contributed by atoms with Crippen LogP contribution in [0.2, 0.25) is 0 Å². The SMILES string of the molecule is O=C(NN=CN1CCCc2ccccc21)Nc1cccc(Br)c1. The van der Waals surface area contributed by atoms with Crippen LogP contribution in [0, 0.1) is 0 Å². The molecule has 2 N–H and O–H groups in total. The van der Waals surface area contributed by atoms with Gasteiger partial charge in [-0.3, -0.25) is 0 Å². The summed E-state index contributed by atoms with van der Waals surface area (Å²) in [5, 5.41) is 6.77. The number of nitrogens with one attached hydrogen (secondary N) is 2. The van der Waals surface area contributed by atoms with Gasteiger partial charge in [-0.25, -0.2) is 10.2 Å². The normalized spacial score (nSPS) is 13.7. The number of amides is 2. The average Bonchev–Trinajstić information content (AvgIpc) is 2.55. The van der Waals surface area contributed by atoms with Gasteiger partial charge < -0.3 is 10.2 Å². The molecule has 1 aliphatic heterocycles. The van der Waals surface area contributed by atoms with Crippen molar-refractivity contribution in [2.45, 2.75) is 12.8 Å². The summed E-state index contributed by atoms with van der Waals surface area (Å²) >= 11 is 3.36. The van der Waals surface area contributed by atoms with Gasteiger partial charge in [0.2, 0.25) is 0 Å². The van der Waals surface area contributed by atoms with Gasteiger partial charge in [0.15, 0.2) is 0 Å². The Bertz CT molecular complexity index is 732. The molecule has 23 heavy (non-hydrogen) atoms. The average molecular weight is 373 g/mol. The van der Waals surface area contributed by atoms with Gasteiger partial charge in [0.05, 0.1) is 0 Å². The zero-order valence-corrected chi connectivity index (χ0v) is 14.1. The number of urea groups is 1. The first kappa shape index (κ1) is 15.6. The molecule has 0 saturated carbocycles. The van der Waals surface area contributed by atoms with Crippen molar-refractivity contribution < 1.29 is 4.79 Å². The summed E-state index contributed by atoms with van der Waals surface area (Å²) in [5.74, 6) is 0. The van der Waals surface area contributed by atoms with Gasteiger partial charge in [-0.15, -0.1) is 0 Å². The van der Waals surface area contributed by atoms with Crippen molar-refractivity contribution >= 4 is 39.7 Å². The van der Waals surface area contributed by atoms with E-state index in [1.54, 1.807) is 6.34 Å². The molecule has 0 fully saturated rings. The topological polar surface area (TPSA) is 56.7 Å². The molecule has 0 spiro atoms. The van der Waals surface area contributed by atoms with Crippen molar-refractivity contribution in [2.24, 2.45) is 5.10 Å². The Hall–Kier alpha value is -2.34. The van der Waals surface area contributed by atoms with E-state index in [0.29, 0.717) is 5.69 Å². The van der Waals surface area contributed by atoms with Crippen LogP contribution < -0.4 is 15.6 Å². The lowest BCUT2D eigenvalue weighted by molar-refractivity contribution is 0.252. The van der Waals surface area contributed by atoms with Gasteiger partial charge >= 0.3 is 6.03 Å². The Morgan fingerprint density at radius 2 is 2.09 bits per heavy atom. The molecule has 2 aromatic rings. The lowest BCUT2D eigenvalue weighted by atomic mass is 10.0. The predicted molar refractivity (Wildman–Crippen MR) is 96.9 cm³/mol. The quantitative estimate of drug-likeness (QED) is 0.486. The highest BCUT2D eigenvalue weighted by atomic mass is 79.9. The molecule has 1 heterocycles. The summed E-state index contributed by atoms with van der Waals surface area (Å²) in [7, 11) is 0. The number of anilines is 2. The fourth-order valence-corrected chi connectivity index (χ4v) is 2.96. The highest BCUT2D eigenvalue weighted by Gasteiger charge is 2.14. The molecule has 118 valence electrons. The van der Waals surface area contributed by atoms with Gasteiger partial charge in [-0.1, -0.05) is 40.2 Å². The molecule has 0 radical (unpaired) electrons. The van der Waals surface area contributed by atoms with Gasteiger partial charge in [-0.05, 0) is 42.7 Å². The van der Waals surface area contributed by atoms with Crippen LogP contribution in [0.5, 0.6) is 0 Å². The first-order chi connectivity index (χ1) is 11.2. The Balaban J connectivity index is 1.58. The number of benzene rings is 2. The van der Waals surface area contributed by atoms with E-state index in [0.717, 1.165) is 29.5 Å². The van der Waals surface area contributed by atoms with Crippen molar-refractivity contribution in [1.82, 2.24) is 5.43 Å². The molecule has 0 aliphatic carbocycles. The van der Waals surface area contributed by atoms with Crippen LogP contribution in [0.4, 0.5) is 16.2 Å². The van der Waals surface area contributed by atoms with Crippen LogP contribution in [-0.2, 0) is 6.42 Å². The van der Waals surface area contributed by atoms with Gasteiger partial charge in [0.25, 0.3) is 0 Å². The highest BCUT2D eigenvalue weighted by Crippen LogP contribution is 2.25. The number of carbonyl (C=O) groups excluding carboxylic acids is 1. The molecule has 5 nitrogen and oxygen atoms in total. The summed E-state index contributed by atoms with van der Waals surface area (Å²) in [4.78, 5) is 13.9. The second-order valence-corrected chi connectivity index (χ2v) is 6.16. The Morgan fingerprint density at radius 3 is 2.96 bits per heavy atom. The van der Waals surface area contributed by atoms with E-state index in [-0.39, 0.29) is 6.03 Å². The van der Waals surface area contributed by atoms with E-state index in [4.69, 9.17) is 0 Å². The first-order valence-electron chi connectivity index (χ1n) is 7.43. The number of hydrogen-bond acceptors (Lipinski definition) is 2. The molecular weight excluding hydrogens is 356 g/mol. The monoisotopic (exact) mass is 372 g/mol. The summed E-state index contributed by atoms with van der Waals surface area (Å²) in [6.45, 7) is 0.898. The third-order valence-electron chi connectivity index (χ3n) is 3.59. The number of para-hydroxylation sites is 1. The van der Waals surface area contributed by atoms with Gasteiger partial charge in [0, 0.05) is 22.4 Å². The number of rotatable bonds is 3. The second kappa shape index (κ2) is 7.28. The Morgan fingerprint density at radius 1 is 1.22 bits per heavy atom. The molecule has 0 unspecified atom stereocenters. The number of aryl methyl sites for hydroxylation is 1. The summed E-state index contributed by atoms with van der Waals surface area (Å²) in [5.41, 5.74) is 5.65. The van der Waals surface area contributed by atoms with Gasteiger partial charge in [-0.2, -0.15) is 5.10 Å². The molecule has 0 saturated heterocycles. The van der Waals surface area contributed by atoms with E-state index in [2.05, 4.69) is 48.8 Å². The Kier molecular flexibility index (Phi) is 4.92. The van der Waals surface area contributed by atoms with E-state index in [9.17, 15) is 4.79 Å². The number of fused-ring (bicyclic) bond motifs is 1. The van der Waals surface area contributed by atoms with E-state index >= 15 is 0 Å². The third kappa shape index (κ3) is 4.10. The minimum Gasteiger partial charge on any atom is -0.331 e. The standard InChI is InChI=1S/C17H17BrN4O/c18-14-7-3-8-15(11-14)20-17(23)21-19-12-22-10-4-6-13-5-1-2-9-16(13)22/h1-3,5,7-9,11-12H,4,6,10H2,(H2,20,21,23). The molecule has 2 aromatic carbocycles. The summed E-state index contributed by atoms with van der Waals surface area (Å²) < 4.78 is 0.906. The summed E-state index contributed by atoms with van der Waals surface area (Å²) in [6, 6.07) is 15.3. The van der Waals surface area contributed by atoms with Gasteiger partial charge in [0.1, 0.15) is 6.34 Å². The van der Waals surface area contributed by atoms with Crippen molar-refractivity contribution in [1.29, 1.82) is 0 Å². The zero-order valence-electron chi connectivity index (χ0n) is 12.5. The fraction of sp³-hybridized carbons (Fsp3) is 0.176. The highest BCUT2D eigenvalue weighted by molar-refractivity contribution is 9.10. The Labute approximate surface area is 143 Å². The maximum absolute atomic E-state index is 11.8. The van der Waals surface area contributed by atoms with Crippen LogP contribution in [0.15, 0.2) is 58.1 Å². The maximum Gasteiger partial charge on any atom is 0.339 e. The molecule has 6 heteroatoms. The summed E-state index contributed by atoms with van der Waals surface area (Å²) in [6.07, 6.45) is 3.82. The molecular formula is C17H17BrN4O. The molecule has 3 rings (SSSR count). The smallest absolute Gasteiger partial charge is 0.331 e. The van der Waals surface area contributed by atoms with E-state index in [1.165, 1.54) is 5.56 Å². The minimum absolute atomic E-state index is 0.371. The van der Waals surface area contributed by atoms with Crippen molar-refractivity contribution in [3.63, 3.8) is 0 Å². The van der Waals surface area contributed by atoms with Crippen LogP contribution >= 0.6 is 15.9 Å². The van der Waals surface area contributed by atoms with Crippen LogP contribution in [-0.4, -0.2) is 18.9 Å². The third-order valence-corrected chi connectivity index (χ3v) is 4.09. The number of halogens is 1. The zero-order chi connectivity index (χ0) is 16.1. The van der Waals surface area contributed by atoms with Crippen LogP contribution in [0.3, 0.4) is 0 Å². The minimum atomic E-state index is -0.371. The molecule has 2 amide bonds.